The summed E-state index contributed by atoms with van der Waals surface area (Å²) in [6, 6.07) is 0. The van der Waals surface area contributed by atoms with Crippen molar-refractivity contribution in [3.8, 4) is 0 Å². The number of nitrogens with one attached hydrogen (secondary N) is 2. The molecular formula is C10H18N6O4S4. The third kappa shape index (κ3) is 6.62. The molecule has 0 bridgehead atoms. The lowest BCUT2D eigenvalue weighted by Gasteiger charge is -2.06. The molecule has 0 aliphatic heterocycles. The van der Waals surface area contributed by atoms with Crippen LogP contribution in [0.2, 0.25) is 0 Å². The molecule has 0 unspecified atom stereocenters. The molecule has 0 fully saturated rings. The Labute approximate surface area is 149 Å². The average molecular weight is 415 g/mol. The van der Waals surface area contributed by atoms with Crippen LogP contribution in [-0.2, 0) is 20.0 Å². The summed E-state index contributed by atoms with van der Waals surface area (Å²) in [6.45, 7) is 6.40. The molecule has 136 valence electrons. The van der Waals surface area contributed by atoms with Crippen LogP contribution in [0.1, 0.15) is 27.7 Å². The zero-order chi connectivity index (χ0) is 18.4. The lowest BCUT2D eigenvalue weighted by atomic mass is 10.6. The molecule has 10 nitrogen and oxygen atoms in total. The molecule has 14 heteroatoms. The van der Waals surface area contributed by atoms with E-state index in [0.29, 0.717) is 10.3 Å². The van der Waals surface area contributed by atoms with Crippen LogP contribution in [0, 0.1) is 0 Å². The first-order valence-electron chi connectivity index (χ1n) is 6.61. The highest BCUT2D eigenvalue weighted by atomic mass is 32.2. The van der Waals surface area contributed by atoms with E-state index in [1.165, 1.54) is 12.7 Å². The highest BCUT2D eigenvalue weighted by Gasteiger charge is 2.17. The Morgan fingerprint density at radius 2 is 1.12 bits per heavy atom. The zero-order valence-corrected chi connectivity index (χ0v) is 16.6. The summed E-state index contributed by atoms with van der Waals surface area (Å²) in [7, 11) is -6.53. The van der Waals surface area contributed by atoms with E-state index in [9.17, 15) is 16.8 Å². The number of hydrogen-bond donors (Lipinski definition) is 2. The Morgan fingerprint density at radius 1 is 0.792 bits per heavy atom. The Kier molecular flexibility index (Phi) is 7.44. The number of nitrogens with zero attached hydrogens (tertiary/aromatic N) is 4. The second-order valence-corrected chi connectivity index (χ2v) is 10.9. The van der Waals surface area contributed by atoms with Crippen LogP contribution < -0.4 is 9.44 Å². The van der Waals surface area contributed by atoms with Crippen molar-refractivity contribution in [3.63, 3.8) is 0 Å². The summed E-state index contributed by atoms with van der Waals surface area (Å²) in [5, 5.41) is -0.296. The van der Waals surface area contributed by atoms with E-state index in [1.54, 1.807) is 27.7 Å². The third-order valence-corrected chi connectivity index (χ3v) is 7.28. The Hall–Kier alpha value is -1.38. The molecule has 0 aromatic carbocycles. The summed E-state index contributed by atoms with van der Waals surface area (Å²) in [6.07, 6.45) is 2.62. The molecule has 2 heterocycles. The molecule has 24 heavy (non-hydrogen) atoms. The van der Waals surface area contributed by atoms with Crippen molar-refractivity contribution in [2.75, 3.05) is 9.44 Å². The van der Waals surface area contributed by atoms with Gasteiger partial charge >= 0.3 is 0 Å². The number of hydrogen-bond acceptors (Lipinski definition) is 10. The van der Waals surface area contributed by atoms with Crippen molar-refractivity contribution in [1.82, 2.24) is 18.7 Å². The van der Waals surface area contributed by atoms with Crippen LogP contribution >= 0.6 is 23.1 Å². The molecule has 2 aromatic heterocycles. The van der Waals surface area contributed by atoms with E-state index in [0.717, 1.165) is 23.1 Å². The first kappa shape index (κ1) is 20.7. The molecule has 2 rings (SSSR count). The smallest absolute Gasteiger partial charge is 0.236 e. The van der Waals surface area contributed by atoms with Gasteiger partial charge in [-0.2, -0.15) is 8.75 Å². The summed E-state index contributed by atoms with van der Waals surface area (Å²) >= 11 is 2.03. The lowest BCUT2D eigenvalue weighted by molar-refractivity contribution is 0.591. The van der Waals surface area contributed by atoms with E-state index in [4.69, 9.17) is 0 Å². The molecule has 0 aliphatic carbocycles. The van der Waals surface area contributed by atoms with Gasteiger partial charge in [0.2, 0.25) is 30.3 Å². The van der Waals surface area contributed by atoms with Crippen LogP contribution in [0.5, 0.6) is 0 Å². The van der Waals surface area contributed by atoms with Gasteiger partial charge in [0.15, 0.2) is 0 Å². The normalized spacial score (nSPS) is 11.9. The van der Waals surface area contributed by atoms with Crippen molar-refractivity contribution >= 4 is 53.4 Å². The van der Waals surface area contributed by atoms with Gasteiger partial charge in [-0.1, -0.05) is 0 Å². The average Bonchev–Trinajstić information content (AvgIpc) is 3.12. The number of anilines is 2. The third-order valence-electron chi connectivity index (χ3n) is 2.42. The summed E-state index contributed by atoms with van der Waals surface area (Å²) < 4.78 is 56.9. The molecule has 0 aliphatic rings. The van der Waals surface area contributed by atoms with Crippen molar-refractivity contribution in [2.24, 2.45) is 0 Å². The van der Waals surface area contributed by atoms with Crippen LogP contribution in [-0.4, -0.2) is 46.1 Å². The highest BCUT2D eigenvalue weighted by Crippen LogP contribution is 2.12. The topological polar surface area (TPSA) is 144 Å². The molecule has 0 radical (unpaired) electrons. The van der Waals surface area contributed by atoms with Crippen molar-refractivity contribution in [2.45, 2.75) is 38.2 Å². The Bertz CT molecular complexity index is 729. The molecule has 0 amide bonds. The molecule has 0 spiro atoms. The minimum absolute atomic E-state index is 0.309. The Balaban J connectivity index is 0.000000240. The van der Waals surface area contributed by atoms with Gasteiger partial charge in [0.05, 0.1) is 10.5 Å². The minimum atomic E-state index is -3.26. The SMILES string of the molecule is CC(C)S(=O)(=O)Nc1ncns1.CC(C)S(=O)(=O)Nc1ncns1. The molecular weight excluding hydrogens is 396 g/mol. The molecule has 2 N–H and O–H groups in total. The van der Waals surface area contributed by atoms with E-state index >= 15 is 0 Å². The number of rotatable bonds is 6. The fraction of sp³-hybridized carbons (Fsp3) is 0.600. The summed E-state index contributed by atoms with van der Waals surface area (Å²) in [5.74, 6) is 0. The van der Waals surface area contributed by atoms with Crippen LogP contribution in [0.15, 0.2) is 12.7 Å². The lowest BCUT2D eigenvalue weighted by Crippen LogP contribution is -2.22. The maximum atomic E-state index is 11.2. The largest absolute Gasteiger partial charge is 0.257 e. The second kappa shape index (κ2) is 8.64. The molecule has 2 aromatic rings. The number of aromatic nitrogens is 4. The predicted molar refractivity (Wildman–Crippen MR) is 95.2 cm³/mol. The summed E-state index contributed by atoms with van der Waals surface area (Å²) in [4.78, 5) is 7.40. The van der Waals surface area contributed by atoms with Gasteiger partial charge in [-0.15, -0.1) is 0 Å². The van der Waals surface area contributed by atoms with Crippen LogP contribution in [0.25, 0.3) is 0 Å². The first-order chi connectivity index (χ1) is 11.0. The maximum Gasteiger partial charge on any atom is 0.236 e. The fourth-order valence-corrected chi connectivity index (χ4v) is 3.55. The molecule has 0 saturated carbocycles. The van der Waals surface area contributed by atoms with Gasteiger partial charge in [-0.05, 0) is 27.7 Å². The van der Waals surface area contributed by atoms with Gasteiger partial charge < -0.3 is 0 Å². The van der Waals surface area contributed by atoms with Crippen molar-refractivity contribution < 1.29 is 16.8 Å². The van der Waals surface area contributed by atoms with E-state index in [2.05, 4.69) is 28.2 Å². The van der Waals surface area contributed by atoms with E-state index in [1.807, 2.05) is 0 Å². The van der Waals surface area contributed by atoms with E-state index in [-0.39, 0.29) is 0 Å². The minimum Gasteiger partial charge on any atom is -0.257 e. The Morgan fingerprint density at radius 3 is 1.33 bits per heavy atom. The van der Waals surface area contributed by atoms with Gasteiger partial charge in [0.25, 0.3) is 0 Å². The van der Waals surface area contributed by atoms with Crippen LogP contribution in [0.4, 0.5) is 10.3 Å². The van der Waals surface area contributed by atoms with Crippen molar-refractivity contribution in [1.29, 1.82) is 0 Å². The van der Waals surface area contributed by atoms with Gasteiger partial charge in [-0.3, -0.25) is 9.44 Å². The predicted octanol–water partition coefficient (Wildman–Crippen LogP) is 1.38. The van der Waals surface area contributed by atoms with Crippen LogP contribution in [0.3, 0.4) is 0 Å². The monoisotopic (exact) mass is 414 g/mol. The van der Waals surface area contributed by atoms with Gasteiger partial charge in [0, 0.05) is 23.1 Å². The quantitative estimate of drug-likeness (QED) is 0.721. The van der Waals surface area contributed by atoms with E-state index < -0.39 is 30.5 Å². The summed E-state index contributed by atoms with van der Waals surface area (Å²) in [5.41, 5.74) is 0. The molecule has 0 atom stereocenters. The zero-order valence-electron chi connectivity index (χ0n) is 13.4. The van der Waals surface area contributed by atoms with Crippen molar-refractivity contribution in [3.05, 3.63) is 12.7 Å². The van der Waals surface area contributed by atoms with Gasteiger partial charge in [0.1, 0.15) is 12.7 Å². The van der Waals surface area contributed by atoms with Gasteiger partial charge in [-0.25, -0.2) is 26.8 Å². The molecule has 0 saturated heterocycles. The first-order valence-corrected chi connectivity index (χ1v) is 11.2. The second-order valence-electron chi connectivity index (χ2n) is 4.88. The standard InChI is InChI=1S/2C5H9N3O2S2/c2*1-4(2)12(9,10)8-5-6-3-7-11-5/h2*3-4H,1-2H3,(H,6,7,8). The maximum absolute atomic E-state index is 11.2. The fourth-order valence-electron chi connectivity index (χ4n) is 0.915. The number of sulfonamides is 2. The highest BCUT2D eigenvalue weighted by molar-refractivity contribution is 7.93.